The minimum absolute atomic E-state index is 0.0880. The molecule has 0 aliphatic heterocycles. The normalized spacial score (nSPS) is 13.7. The fraction of sp³-hybridized carbons (Fsp3) is 0.706. The highest BCUT2D eigenvalue weighted by atomic mass is 16.3. The Balaban J connectivity index is 3.66. The van der Waals surface area contributed by atoms with Crippen LogP contribution in [0, 0.1) is 0 Å². The van der Waals surface area contributed by atoms with Crippen molar-refractivity contribution in [3.8, 4) is 0 Å². The zero-order valence-corrected chi connectivity index (χ0v) is 36.2. The summed E-state index contributed by atoms with van der Waals surface area (Å²) < 4.78 is 0. The first-order valence-electron chi connectivity index (χ1n) is 23.3. The molecule has 0 aliphatic rings. The Morgan fingerprint density at radius 1 is 0.455 bits per heavy atom. The van der Waals surface area contributed by atoms with Gasteiger partial charge in [0.15, 0.2) is 0 Å². The summed E-state index contributed by atoms with van der Waals surface area (Å²) in [5, 5.41) is 23.0. The van der Waals surface area contributed by atoms with Gasteiger partial charge in [0.1, 0.15) is 0 Å². The van der Waals surface area contributed by atoms with Gasteiger partial charge < -0.3 is 15.5 Å². The summed E-state index contributed by atoms with van der Waals surface area (Å²) in [7, 11) is 0. The molecule has 0 fully saturated rings. The zero-order valence-electron chi connectivity index (χ0n) is 36.2. The number of aliphatic hydroxyl groups excluding tert-OH is 2. The van der Waals surface area contributed by atoms with Crippen LogP contribution < -0.4 is 5.32 Å². The number of carbonyl (C=O) groups is 1. The van der Waals surface area contributed by atoms with Gasteiger partial charge in [0.25, 0.3) is 0 Å². The Bertz CT molecular complexity index is 1000. The molecule has 0 radical (unpaired) electrons. The van der Waals surface area contributed by atoms with Crippen molar-refractivity contribution in [1.82, 2.24) is 5.32 Å². The summed E-state index contributed by atoms with van der Waals surface area (Å²) in [6, 6.07) is -0.650. The Morgan fingerprint density at radius 3 is 1.27 bits per heavy atom. The Hall–Kier alpha value is -2.43. The van der Waals surface area contributed by atoms with Gasteiger partial charge in [-0.3, -0.25) is 4.79 Å². The van der Waals surface area contributed by atoms with E-state index in [1.807, 2.05) is 6.08 Å². The Morgan fingerprint density at radius 2 is 0.818 bits per heavy atom. The van der Waals surface area contributed by atoms with Crippen LogP contribution in [-0.2, 0) is 4.79 Å². The third-order valence-electron chi connectivity index (χ3n) is 10.1. The van der Waals surface area contributed by atoms with Gasteiger partial charge in [-0.2, -0.15) is 0 Å². The second-order valence-corrected chi connectivity index (χ2v) is 15.4. The lowest BCUT2D eigenvalue weighted by Gasteiger charge is -2.19. The third kappa shape index (κ3) is 42.6. The maximum atomic E-state index is 12.4. The highest BCUT2D eigenvalue weighted by Crippen LogP contribution is 2.14. The van der Waals surface area contributed by atoms with Crippen molar-refractivity contribution in [1.29, 1.82) is 0 Å². The summed E-state index contributed by atoms with van der Waals surface area (Å²) in [5.74, 6) is -0.0880. The van der Waals surface area contributed by atoms with Crippen LogP contribution in [0.3, 0.4) is 0 Å². The van der Waals surface area contributed by atoms with Crippen molar-refractivity contribution in [3.63, 3.8) is 0 Å². The Labute approximate surface area is 341 Å². The molecule has 316 valence electrons. The summed E-state index contributed by atoms with van der Waals surface area (Å²) in [5.41, 5.74) is 0. The molecule has 4 nitrogen and oxygen atoms in total. The van der Waals surface area contributed by atoms with E-state index in [-0.39, 0.29) is 12.5 Å². The van der Waals surface area contributed by atoms with E-state index < -0.39 is 12.1 Å². The van der Waals surface area contributed by atoms with Crippen molar-refractivity contribution >= 4 is 5.91 Å². The van der Waals surface area contributed by atoms with Crippen LogP contribution in [0.5, 0.6) is 0 Å². The molecule has 2 atom stereocenters. The number of amides is 1. The first-order valence-corrected chi connectivity index (χ1v) is 23.3. The average Bonchev–Trinajstić information content (AvgIpc) is 3.19. The second kappa shape index (κ2) is 46.0. The monoisotopic (exact) mass is 764 g/mol. The molecule has 0 heterocycles. The van der Waals surface area contributed by atoms with Crippen LogP contribution in [0.4, 0.5) is 0 Å². The molecule has 55 heavy (non-hydrogen) atoms. The molecule has 0 saturated carbocycles. The van der Waals surface area contributed by atoms with Gasteiger partial charge in [0.05, 0.1) is 18.8 Å². The largest absolute Gasteiger partial charge is 0.394 e. The number of unbranched alkanes of at least 4 members (excludes halogenated alkanes) is 22. The van der Waals surface area contributed by atoms with E-state index in [2.05, 4.69) is 92.1 Å². The summed E-state index contributed by atoms with van der Waals surface area (Å²) >= 11 is 0. The van der Waals surface area contributed by atoms with Gasteiger partial charge in [-0.1, -0.05) is 214 Å². The van der Waals surface area contributed by atoms with Crippen LogP contribution in [0.1, 0.15) is 213 Å². The molecule has 0 aromatic carbocycles. The molecule has 0 spiro atoms. The lowest BCUT2D eigenvalue weighted by Crippen LogP contribution is -2.45. The van der Waals surface area contributed by atoms with Crippen molar-refractivity contribution in [2.45, 2.75) is 225 Å². The number of hydrogen-bond donors (Lipinski definition) is 3. The van der Waals surface area contributed by atoms with Gasteiger partial charge in [-0.05, 0) is 77.0 Å². The molecule has 2 unspecified atom stereocenters. The van der Waals surface area contributed by atoms with Crippen molar-refractivity contribution in [2.24, 2.45) is 0 Å². The molecular weight excluding hydrogens is 675 g/mol. The Kier molecular flexibility index (Phi) is 43.9. The molecule has 0 aromatic heterocycles. The molecule has 4 heteroatoms. The maximum Gasteiger partial charge on any atom is 0.220 e. The lowest BCUT2D eigenvalue weighted by molar-refractivity contribution is -0.123. The van der Waals surface area contributed by atoms with E-state index in [1.54, 1.807) is 6.08 Å². The van der Waals surface area contributed by atoms with E-state index in [4.69, 9.17) is 0 Å². The zero-order chi connectivity index (χ0) is 40.0. The highest BCUT2D eigenvalue weighted by Gasteiger charge is 2.17. The fourth-order valence-corrected chi connectivity index (χ4v) is 6.57. The van der Waals surface area contributed by atoms with Gasteiger partial charge in [-0.25, -0.2) is 0 Å². The molecule has 0 bridgehead atoms. The van der Waals surface area contributed by atoms with E-state index in [9.17, 15) is 15.0 Å². The number of allylic oxidation sites excluding steroid dienone is 13. The second-order valence-electron chi connectivity index (χ2n) is 15.4. The van der Waals surface area contributed by atoms with E-state index >= 15 is 0 Å². The lowest BCUT2D eigenvalue weighted by atomic mass is 10.0. The van der Waals surface area contributed by atoms with E-state index in [1.165, 1.54) is 116 Å². The van der Waals surface area contributed by atoms with Gasteiger partial charge in [-0.15, -0.1) is 0 Å². The molecule has 0 rings (SSSR count). The number of carbonyl (C=O) groups excluding carboxylic acids is 1. The van der Waals surface area contributed by atoms with Crippen LogP contribution in [0.15, 0.2) is 85.1 Å². The topological polar surface area (TPSA) is 69.6 Å². The molecular formula is C51H89NO3. The standard InChI is InChI=1S/C51H89NO3/c1-3-5-7-9-11-13-15-17-19-21-23-25-26-27-29-31-33-35-37-39-41-43-45-47-51(55)52-49(48-53)50(54)46-44-42-40-38-36-34-32-30-28-24-22-20-18-16-14-12-10-8-6-4-2/h5,7,11,13,17,19,23,25,27,29,36,38,44,46,49-50,53-54H,3-4,6,8-10,12,14-16,18,20-22,24,26,28,30-35,37,39-43,45,47-48H2,1-2H3,(H,52,55)/b7-5-,13-11-,19-17-,25-23-,29-27-,38-36+,46-44+. The third-order valence-corrected chi connectivity index (χ3v) is 10.1. The van der Waals surface area contributed by atoms with Gasteiger partial charge >= 0.3 is 0 Å². The van der Waals surface area contributed by atoms with E-state index in [0.29, 0.717) is 6.42 Å². The first-order chi connectivity index (χ1) is 27.2. The number of rotatable bonds is 41. The van der Waals surface area contributed by atoms with Gasteiger partial charge in [0.2, 0.25) is 5.91 Å². The number of aliphatic hydroxyl groups is 2. The van der Waals surface area contributed by atoms with Gasteiger partial charge in [0, 0.05) is 6.42 Å². The molecule has 1 amide bonds. The van der Waals surface area contributed by atoms with E-state index in [0.717, 1.165) is 77.0 Å². The highest BCUT2D eigenvalue weighted by molar-refractivity contribution is 5.76. The minimum atomic E-state index is -0.872. The van der Waals surface area contributed by atoms with Crippen LogP contribution in [0.25, 0.3) is 0 Å². The predicted octanol–water partition coefficient (Wildman–Crippen LogP) is 14.9. The minimum Gasteiger partial charge on any atom is -0.394 e. The smallest absolute Gasteiger partial charge is 0.220 e. The molecule has 3 N–H and O–H groups in total. The van der Waals surface area contributed by atoms with Crippen molar-refractivity contribution in [2.75, 3.05) is 6.61 Å². The molecule has 0 aliphatic carbocycles. The van der Waals surface area contributed by atoms with Crippen molar-refractivity contribution < 1.29 is 15.0 Å². The predicted molar refractivity (Wildman–Crippen MR) is 243 cm³/mol. The van der Waals surface area contributed by atoms with Crippen LogP contribution in [-0.4, -0.2) is 34.9 Å². The molecule has 0 aromatic rings. The number of hydrogen-bond acceptors (Lipinski definition) is 3. The summed E-state index contributed by atoms with van der Waals surface area (Å²) in [4.78, 5) is 12.4. The molecule has 0 saturated heterocycles. The van der Waals surface area contributed by atoms with Crippen LogP contribution >= 0.6 is 0 Å². The van der Waals surface area contributed by atoms with Crippen LogP contribution in [0.2, 0.25) is 0 Å². The summed E-state index contributed by atoms with van der Waals surface area (Å²) in [6.07, 6.45) is 67.0. The fourth-order valence-electron chi connectivity index (χ4n) is 6.57. The quantitative estimate of drug-likeness (QED) is 0.0429. The van der Waals surface area contributed by atoms with Crippen molar-refractivity contribution in [3.05, 3.63) is 85.1 Å². The number of nitrogens with one attached hydrogen (secondary N) is 1. The maximum absolute atomic E-state index is 12.4. The SMILES string of the molecule is CC/C=C\C/C=C\C/C=C\C/C=C\C/C=C\CCCCCCCCCC(=O)NC(CO)C(O)/C=C/CC/C=C/CCCCCCCCCCCCCCCC. The first kappa shape index (κ1) is 52.6. The average molecular weight is 764 g/mol. The summed E-state index contributed by atoms with van der Waals surface area (Å²) in [6.45, 7) is 4.18.